The summed E-state index contributed by atoms with van der Waals surface area (Å²) in [6.45, 7) is 0. The van der Waals surface area contributed by atoms with E-state index >= 15 is 0 Å². The fraction of sp³-hybridized carbons (Fsp3) is 0.0526. The van der Waals surface area contributed by atoms with Crippen molar-refractivity contribution < 1.29 is 18.0 Å². The number of nitrogens with zero attached hydrogens (tertiary/aromatic N) is 1. The second-order valence-corrected chi connectivity index (χ2v) is 5.45. The van der Waals surface area contributed by atoms with Crippen LogP contribution in [0.15, 0.2) is 72.9 Å². The zero-order chi connectivity index (χ0) is 18.6. The molecule has 0 fully saturated rings. The monoisotopic (exact) mass is 357 g/mol. The van der Waals surface area contributed by atoms with E-state index in [1.807, 2.05) is 6.07 Å². The van der Waals surface area contributed by atoms with Gasteiger partial charge in [-0.2, -0.15) is 13.2 Å². The molecule has 7 heteroatoms. The fourth-order valence-electron chi connectivity index (χ4n) is 2.26. The molecule has 132 valence electrons. The first-order chi connectivity index (χ1) is 12.4. The van der Waals surface area contributed by atoms with Crippen LogP contribution in [0.5, 0.6) is 0 Å². The maximum atomic E-state index is 12.6. The van der Waals surface area contributed by atoms with Crippen LogP contribution in [0.1, 0.15) is 16.1 Å². The average Bonchev–Trinajstić information content (AvgIpc) is 2.62. The van der Waals surface area contributed by atoms with Gasteiger partial charge >= 0.3 is 6.18 Å². The molecule has 0 radical (unpaired) electrons. The Morgan fingerprint density at radius 2 is 1.54 bits per heavy atom. The number of benzene rings is 2. The summed E-state index contributed by atoms with van der Waals surface area (Å²) in [6.07, 6.45) is -2.93. The molecule has 0 unspecified atom stereocenters. The van der Waals surface area contributed by atoms with Crippen molar-refractivity contribution in [3.63, 3.8) is 0 Å². The topological polar surface area (TPSA) is 54.0 Å². The molecule has 0 bridgehead atoms. The van der Waals surface area contributed by atoms with Crippen molar-refractivity contribution in [2.24, 2.45) is 0 Å². The summed E-state index contributed by atoms with van der Waals surface area (Å²) in [5.74, 6) is -0.382. The van der Waals surface area contributed by atoms with Gasteiger partial charge in [-0.3, -0.25) is 9.78 Å². The number of carbonyl (C=O) groups is 1. The zero-order valence-electron chi connectivity index (χ0n) is 13.4. The molecule has 0 aliphatic carbocycles. The van der Waals surface area contributed by atoms with Crippen molar-refractivity contribution in [2.75, 3.05) is 10.6 Å². The highest BCUT2D eigenvalue weighted by Crippen LogP contribution is 2.30. The minimum atomic E-state index is -4.38. The zero-order valence-corrected chi connectivity index (χ0v) is 13.4. The predicted octanol–water partition coefficient (Wildman–Crippen LogP) is 5.10. The van der Waals surface area contributed by atoms with Crippen LogP contribution in [0.4, 0.5) is 30.2 Å². The number of alkyl halides is 3. The van der Waals surface area contributed by atoms with Crippen LogP contribution < -0.4 is 10.6 Å². The minimum Gasteiger partial charge on any atom is -0.355 e. The first kappa shape index (κ1) is 17.5. The number of carbonyl (C=O) groups excluding carboxylic acids is 1. The van der Waals surface area contributed by atoms with Gasteiger partial charge in [0, 0.05) is 23.3 Å². The van der Waals surface area contributed by atoms with Crippen LogP contribution >= 0.6 is 0 Å². The average molecular weight is 357 g/mol. The molecule has 2 N–H and O–H groups in total. The third-order valence-corrected chi connectivity index (χ3v) is 3.53. The van der Waals surface area contributed by atoms with E-state index in [4.69, 9.17) is 0 Å². The van der Waals surface area contributed by atoms with Gasteiger partial charge in [-0.25, -0.2) is 0 Å². The third-order valence-electron chi connectivity index (χ3n) is 3.53. The summed E-state index contributed by atoms with van der Waals surface area (Å²) >= 11 is 0. The van der Waals surface area contributed by atoms with Gasteiger partial charge in [-0.1, -0.05) is 18.2 Å². The van der Waals surface area contributed by atoms with Gasteiger partial charge in [-0.15, -0.1) is 0 Å². The number of rotatable bonds is 4. The van der Waals surface area contributed by atoms with Gasteiger partial charge in [0.2, 0.25) is 0 Å². The fourth-order valence-corrected chi connectivity index (χ4v) is 2.26. The number of para-hydroxylation sites is 1. The van der Waals surface area contributed by atoms with Gasteiger partial charge in [0.15, 0.2) is 0 Å². The highest BCUT2D eigenvalue weighted by molar-refractivity contribution is 6.03. The molecular weight excluding hydrogens is 343 g/mol. The summed E-state index contributed by atoms with van der Waals surface area (Å²) in [6, 6.07) is 16.7. The quantitative estimate of drug-likeness (QED) is 0.683. The Bertz CT molecular complexity index is 894. The highest BCUT2D eigenvalue weighted by atomic mass is 19.4. The summed E-state index contributed by atoms with van der Waals surface area (Å²) in [7, 11) is 0. The van der Waals surface area contributed by atoms with Crippen molar-refractivity contribution in [1.29, 1.82) is 0 Å². The maximum absolute atomic E-state index is 12.6. The Kier molecular flexibility index (Phi) is 4.88. The Labute approximate surface area is 147 Å². The molecule has 3 rings (SSSR count). The van der Waals surface area contributed by atoms with Crippen LogP contribution in [0, 0.1) is 0 Å². The van der Waals surface area contributed by atoms with Crippen LogP contribution in [0.3, 0.4) is 0 Å². The second-order valence-electron chi connectivity index (χ2n) is 5.45. The first-order valence-corrected chi connectivity index (χ1v) is 7.68. The van der Waals surface area contributed by atoms with Crippen LogP contribution in [0.2, 0.25) is 0 Å². The Hall–Kier alpha value is -3.35. The number of anilines is 3. The van der Waals surface area contributed by atoms with Crippen molar-refractivity contribution >= 4 is 23.0 Å². The van der Waals surface area contributed by atoms with E-state index in [9.17, 15) is 18.0 Å². The summed E-state index contributed by atoms with van der Waals surface area (Å²) in [4.78, 5) is 16.3. The van der Waals surface area contributed by atoms with Gasteiger partial charge in [-0.05, 0) is 48.5 Å². The number of pyridine rings is 1. The lowest BCUT2D eigenvalue weighted by atomic mass is 10.2. The molecule has 1 amide bonds. The SMILES string of the molecule is O=C(Nc1ccccc1)c1cc(Nc2ccc(C(F)(F)F)cc2)ccn1. The number of amides is 1. The van der Waals surface area contributed by atoms with Gasteiger partial charge in [0.25, 0.3) is 5.91 Å². The predicted molar refractivity (Wildman–Crippen MR) is 93.4 cm³/mol. The molecule has 0 saturated heterocycles. The van der Waals surface area contributed by atoms with Gasteiger partial charge < -0.3 is 10.6 Å². The lowest BCUT2D eigenvalue weighted by Gasteiger charge is -2.10. The number of hydrogen-bond donors (Lipinski definition) is 2. The maximum Gasteiger partial charge on any atom is 0.416 e. The Morgan fingerprint density at radius 3 is 2.19 bits per heavy atom. The summed E-state index contributed by atoms with van der Waals surface area (Å²) < 4.78 is 37.8. The lowest BCUT2D eigenvalue weighted by Crippen LogP contribution is -2.13. The van der Waals surface area contributed by atoms with E-state index in [1.165, 1.54) is 24.4 Å². The molecule has 26 heavy (non-hydrogen) atoms. The third kappa shape index (κ3) is 4.38. The van der Waals surface area contributed by atoms with E-state index in [0.29, 0.717) is 17.1 Å². The Balaban J connectivity index is 1.72. The standard InChI is InChI=1S/C19H14F3N3O/c20-19(21,22)13-6-8-15(9-7-13)24-16-10-11-23-17(12-16)18(26)25-14-4-2-1-3-5-14/h1-12H,(H,23,24)(H,25,26). The van der Waals surface area contributed by atoms with Crippen molar-refractivity contribution in [3.05, 3.63) is 84.2 Å². The number of hydrogen-bond acceptors (Lipinski definition) is 3. The Morgan fingerprint density at radius 1 is 0.846 bits per heavy atom. The van der Waals surface area contributed by atoms with Crippen molar-refractivity contribution in [1.82, 2.24) is 4.98 Å². The van der Waals surface area contributed by atoms with Crippen molar-refractivity contribution in [3.8, 4) is 0 Å². The van der Waals surface area contributed by atoms with E-state index in [0.717, 1.165) is 12.1 Å². The smallest absolute Gasteiger partial charge is 0.355 e. The van der Waals surface area contributed by atoms with Gasteiger partial charge in [0.1, 0.15) is 5.69 Å². The molecular formula is C19H14F3N3O. The van der Waals surface area contributed by atoms with Crippen LogP contribution in [-0.2, 0) is 6.18 Å². The molecule has 4 nitrogen and oxygen atoms in total. The molecule has 0 aliphatic heterocycles. The minimum absolute atomic E-state index is 0.186. The summed E-state index contributed by atoms with van der Waals surface area (Å²) in [5, 5.41) is 5.67. The molecule has 0 saturated carbocycles. The normalized spacial score (nSPS) is 11.0. The molecule has 0 spiro atoms. The second kappa shape index (κ2) is 7.26. The number of halogens is 3. The molecule has 0 aliphatic rings. The number of nitrogens with one attached hydrogen (secondary N) is 2. The highest BCUT2D eigenvalue weighted by Gasteiger charge is 2.29. The first-order valence-electron chi connectivity index (χ1n) is 7.68. The van der Waals surface area contributed by atoms with E-state index in [1.54, 1.807) is 30.3 Å². The van der Waals surface area contributed by atoms with E-state index in [2.05, 4.69) is 15.6 Å². The van der Waals surface area contributed by atoms with E-state index in [-0.39, 0.29) is 11.6 Å². The molecule has 1 aromatic heterocycles. The summed E-state index contributed by atoms with van der Waals surface area (Å²) in [5.41, 5.74) is 1.11. The molecule has 1 heterocycles. The molecule has 3 aromatic rings. The van der Waals surface area contributed by atoms with Gasteiger partial charge in [0.05, 0.1) is 5.56 Å². The van der Waals surface area contributed by atoms with E-state index < -0.39 is 11.7 Å². The van der Waals surface area contributed by atoms with Crippen LogP contribution in [-0.4, -0.2) is 10.9 Å². The molecule has 0 atom stereocenters. The van der Waals surface area contributed by atoms with Crippen LogP contribution in [0.25, 0.3) is 0 Å². The van der Waals surface area contributed by atoms with Crippen molar-refractivity contribution in [2.45, 2.75) is 6.18 Å². The lowest BCUT2D eigenvalue weighted by molar-refractivity contribution is -0.137. The number of aromatic nitrogens is 1. The molecule has 2 aromatic carbocycles. The largest absolute Gasteiger partial charge is 0.416 e.